The number of carboxylic acids is 1. The molecule has 0 bridgehead atoms. The standard InChI is InChI=1S/C12H23NO7/c14-7-12(19)11(18)10(17)8(20-12)6-13-5-3-1-2-4-9(15)16/h8,10-11,13-14,17-19H,1-7H2,(H,15,16)/t8-,10+,11-,12+/m0/s1. The number of rotatable bonds is 9. The van der Waals surface area contributed by atoms with E-state index in [0.717, 1.165) is 12.8 Å². The van der Waals surface area contributed by atoms with Crippen molar-refractivity contribution in [3.63, 3.8) is 0 Å². The van der Waals surface area contributed by atoms with E-state index in [2.05, 4.69) is 5.32 Å². The fraction of sp³-hybridized carbons (Fsp3) is 0.917. The van der Waals surface area contributed by atoms with Gasteiger partial charge in [-0.15, -0.1) is 0 Å². The average molecular weight is 293 g/mol. The third-order valence-electron chi connectivity index (χ3n) is 3.34. The topological polar surface area (TPSA) is 139 Å². The Balaban J connectivity index is 2.15. The molecule has 1 aliphatic rings. The second-order valence-corrected chi connectivity index (χ2v) is 5.00. The molecule has 0 aromatic carbocycles. The molecule has 0 aromatic heterocycles. The Hall–Kier alpha value is -0.770. The number of nitrogens with one attached hydrogen (secondary N) is 1. The summed E-state index contributed by atoms with van der Waals surface area (Å²) in [6.45, 7) is 0.0379. The van der Waals surface area contributed by atoms with Gasteiger partial charge in [0.15, 0.2) is 0 Å². The summed E-state index contributed by atoms with van der Waals surface area (Å²) in [5.74, 6) is -2.93. The zero-order valence-electron chi connectivity index (χ0n) is 11.2. The minimum atomic E-state index is -2.12. The van der Waals surface area contributed by atoms with Crippen LogP contribution in [0.25, 0.3) is 0 Å². The van der Waals surface area contributed by atoms with Crippen molar-refractivity contribution in [3.8, 4) is 0 Å². The van der Waals surface area contributed by atoms with Gasteiger partial charge in [0.1, 0.15) is 18.3 Å². The smallest absolute Gasteiger partial charge is 0.303 e. The van der Waals surface area contributed by atoms with E-state index in [4.69, 9.17) is 14.9 Å². The highest BCUT2D eigenvalue weighted by atomic mass is 16.7. The maximum Gasteiger partial charge on any atom is 0.303 e. The van der Waals surface area contributed by atoms with Crippen LogP contribution in [-0.2, 0) is 9.53 Å². The summed E-state index contributed by atoms with van der Waals surface area (Å²) in [5, 5.41) is 49.3. The second-order valence-electron chi connectivity index (χ2n) is 5.00. The van der Waals surface area contributed by atoms with Gasteiger partial charge in [0, 0.05) is 13.0 Å². The second kappa shape index (κ2) is 7.87. The quantitative estimate of drug-likeness (QED) is 0.269. The van der Waals surface area contributed by atoms with E-state index in [0.29, 0.717) is 13.0 Å². The van der Waals surface area contributed by atoms with E-state index in [9.17, 15) is 20.1 Å². The number of aliphatic carboxylic acids is 1. The maximum atomic E-state index is 10.3. The van der Waals surface area contributed by atoms with Gasteiger partial charge in [0.2, 0.25) is 5.79 Å². The largest absolute Gasteiger partial charge is 0.481 e. The van der Waals surface area contributed by atoms with Gasteiger partial charge in [0.05, 0.1) is 6.61 Å². The molecule has 0 radical (unpaired) electrons. The van der Waals surface area contributed by atoms with Crippen molar-refractivity contribution in [3.05, 3.63) is 0 Å². The zero-order chi connectivity index (χ0) is 15.2. The number of aliphatic hydroxyl groups is 4. The van der Waals surface area contributed by atoms with Crippen LogP contribution in [-0.4, -0.2) is 75.3 Å². The molecule has 8 nitrogen and oxygen atoms in total. The van der Waals surface area contributed by atoms with Gasteiger partial charge in [-0.25, -0.2) is 0 Å². The maximum absolute atomic E-state index is 10.3. The fourth-order valence-corrected chi connectivity index (χ4v) is 2.11. The van der Waals surface area contributed by atoms with Crippen molar-refractivity contribution in [2.45, 2.75) is 49.8 Å². The summed E-state index contributed by atoms with van der Waals surface area (Å²) in [4.78, 5) is 10.3. The number of unbranched alkanes of at least 4 members (excludes halogenated alkanes) is 2. The molecule has 1 saturated heterocycles. The van der Waals surface area contributed by atoms with Gasteiger partial charge in [-0.2, -0.15) is 0 Å². The summed E-state index contributed by atoms with van der Waals surface area (Å²) in [6.07, 6.45) is -1.30. The fourth-order valence-electron chi connectivity index (χ4n) is 2.11. The Labute approximate surface area is 117 Å². The van der Waals surface area contributed by atoms with Gasteiger partial charge in [0.25, 0.3) is 0 Å². The third kappa shape index (κ3) is 4.65. The number of carboxylic acid groups (broad SMARTS) is 1. The lowest BCUT2D eigenvalue weighted by Gasteiger charge is -2.22. The first kappa shape index (κ1) is 17.3. The van der Waals surface area contributed by atoms with Crippen LogP contribution in [0.3, 0.4) is 0 Å². The van der Waals surface area contributed by atoms with Gasteiger partial charge in [-0.05, 0) is 19.4 Å². The molecule has 0 amide bonds. The molecule has 118 valence electrons. The van der Waals surface area contributed by atoms with Crippen LogP contribution < -0.4 is 5.32 Å². The lowest BCUT2D eigenvalue weighted by Crippen LogP contribution is -2.46. The number of carbonyl (C=O) groups is 1. The molecule has 1 rings (SSSR count). The molecule has 0 saturated carbocycles. The number of hydrogen-bond acceptors (Lipinski definition) is 7. The first-order valence-electron chi connectivity index (χ1n) is 6.70. The van der Waals surface area contributed by atoms with Gasteiger partial charge in [-0.1, -0.05) is 6.42 Å². The summed E-state index contributed by atoms with van der Waals surface area (Å²) in [7, 11) is 0. The van der Waals surface area contributed by atoms with Gasteiger partial charge in [-0.3, -0.25) is 4.79 Å². The van der Waals surface area contributed by atoms with E-state index in [1.807, 2.05) is 0 Å². The summed E-state index contributed by atoms with van der Waals surface area (Å²) in [5.41, 5.74) is 0. The van der Waals surface area contributed by atoms with Crippen LogP contribution >= 0.6 is 0 Å². The normalized spacial score (nSPS) is 33.5. The number of aliphatic hydroxyl groups excluding tert-OH is 3. The lowest BCUT2D eigenvalue weighted by atomic mass is 10.1. The number of ether oxygens (including phenoxy) is 1. The Morgan fingerprint density at radius 2 is 1.95 bits per heavy atom. The molecule has 4 atom stereocenters. The van der Waals surface area contributed by atoms with Crippen molar-refractivity contribution in [2.75, 3.05) is 19.7 Å². The predicted octanol–water partition coefficient (Wildman–Crippen LogP) is -1.98. The highest BCUT2D eigenvalue weighted by molar-refractivity contribution is 5.66. The van der Waals surface area contributed by atoms with E-state index in [1.165, 1.54) is 0 Å². The minimum Gasteiger partial charge on any atom is -0.481 e. The molecular weight excluding hydrogens is 270 g/mol. The Bertz CT molecular complexity index is 314. The summed E-state index contributed by atoms with van der Waals surface area (Å²) >= 11 is 0. The van der Waals surface area contributed by atoms with Crippen molar-refractivity contribution < 1.29 is 35.1 Å². The van der Waals surface area contributed by atoms with Crippen LogP contribution in [0, 0.1) is 0 Å². The minimum absolute atomic E-state index is 0.153. The lowest BCUT2D eigenvalue weighted by molar-refractivity contribution is -0.245. The summed E-state index contributed by atoms with van der Waals surface area (Å²) < 4.78 is 5.05. The Kier molecular flexibility index (Phi) is 6.80. The zero-order valence-corrected chi connectivity index (χ0v) is 11.2. The SMILES string of the molecule is O=C(O)CCCCCNC[C@@H]1O[C@](O)(CO)[C@@H](O)[C@@H]1O. The molecule has 0 spiro atoms. The molecule has 0 aliphatic carbocycles. The molecule has 6 N–H and O–H groups in total. The summed E-state index contributed by atoms with van der Waals surface area (Å²) in [6, 6.07) is 0. The van der Waals surface area contributed by atoms with Crippen molar-refractivity contribution in [1.82, 2.24) is 5.32 Å². The van der Waals surface area contributed by atoms with Crippen LogP contribution in [0.1, 0.15) is 25.7 Å². The first-order valence-corrected chi connectivity index (χ1v) is 6.70. The van der Waals surface area contributed by atoms with E-state index in [1.54, 1.807) is 0 Å². The van der Waals surface area contributed by atoms with E-state index in [-0.39, 0.29) is 13.0 Å². The van der Waals surface area contributed by atoms with Crippen LogP contribution in [0.5, 0.6) is 0 Å². The molecule has 8 heteroatoms. The Morgan fingerprint density at radius 3 is 2.50 bits per heavy atom. The van der Waals surface area contributed by atoms with Crippen molar-refractivity contribution in [2.24, 2.45) is 0 Å². The molecule has 1 fully saturated rings. The average Bonchev–Trinajstić information content (AvgIpc) is 2.63. The highest BCUT2D eigenvalue weighted by Gasteiger charge is 2.52. The van der Waals surface area contributed by atoms with Crippen LogP contribution in [0.4, 0.5) is 0 Å². The molecule has 0 aromatic rings. The van der Waals surface area contributed by atoms with Crippen molar-refractivity contribution >= 4 is 5.97 Å². The van der Waals surface area contributed by atoms with E-state index >= 15 is 0 Å². The molecule has 20 heavy (non-hydrogen) atoms. The first-order chi connectivity index (χ1) is 9.40. The highest BCUT2D eigenvalue weighted by Crippen LogP contribution is 2.28. The van der Waals surface area contributed by atoms with Crippen molar-refractivity contribution in [1.29, 1.82) is 0 Å². The van der Waals surface area contributed by atoms with Crippen LogP contribution in [0.15, 0.2) is 0 Å². The molecule has 1 heterocycles. The van der Waals surface area contributed by atoms with Gasteiger partial charge >= 0.3 is 5.97 Å². The molecular formula is C12H23NO7. The predicted molar refractivity (Wildman–Crippen MR) is 67.9 cm³/mol. The third-order valence-corrected chi connectivity index (χ3v) is 3.34. The number of hydrogen-bond donors (Lipinski definition) is 6. The molecule has 0 unspecified atom stereocenters. The monoisotopic (exact) mass is 293 g/mol. The van der Waals surface area contributed by atoms with E-state index < -0.39 is 36.7 Å². The van der Waals surface area contributed by atoms with Gasteiger partial charge < -0.3 is 35.6 Å². The Morgan fingerprint density at radius 1 is 1.25 bits per heavy atom. The molecule has 1 aliphatic heterocycles. The van der Waals surface area contributed by atoms with Crippen LogP contribution in [0.2, 0.25) is 0 Å².